The maximum absolute atomic E-state index is 9.69. The molecule has 0 amide bonds. The standard InChI is InChI=1S/C16H31NO2/c1-15(2,3)14-5-4-8-17(9-6-14)11-16(12-18)7-10-19-13-16/h14,18H,4-13H2,1-3H3. The van der Waals surface area contributed by atoms with Gasteiger partial charge in [-0.25, -0.2) is 0 Å². The third kappa shape index (κ3) is 3.93. The minimum Gasteiger partial charge on any atom is -0.396 e. The van der Waals surface area contributed by atoms with Crippen molar-refractivity contribution in [2.24, 2.45) is 16.7 Å². The van der Waals surface area contributed by atoms with Crippen LogP contribution < -0.4 is 0 Å². The van der Waals surface area contributed by atoms with Crippen LogP contribution in [0.4, 0.5) is 0 Å². The van der Waals surface area contributed by atoms with Gasteiger partial charge in [0.25, 0.3) is 0 Å². The third-order valence-corrected chi connectivity index (χ3v) is 5.12. The molecule has 3 heteroatoms. The molecule has 2 atom stereocenters. The predicted molar refractivity (Wildman–Crippen MR) is 78.2 cm³/mol. The Balaban J connectivity index is 1.89. The number of aliphatic hydroxyl groups is 1. The molecule has 0 spiro atoms. The Hall–Kier alpha value is -0.120. The summed E-state index contributed by atoms with van der Waals surface area (Å²) in [5.74, 6) is 0.836. The second kappa shape index (κ2) is 6.11. The smallest absolute Gasteiger partial charge is 0.0557 e. The third-order valence-electron chi connectivity index (χ3n) is 5.12. The highest BCUT2D eigenvalue weighted by atomic mass is 16.5. The number of ether oxygens (including phenoxy) is 1. The van der Waals surface area contributed by atoms with Crippen LogP contribution in [0.1, 0.15) is 46.5 Å². The van der Waals surface area contributed by atoms with E-state index in [-0.39, 0.29) is 12.0 Å². The Bertz CT molecular complexity index is 279. The molecule has 2 unspecified atom stereocenters. The summed E-state index contributed by atoms with van der Waals surface area (Å²) >= 11 is 0. The van der Waals surface area contributed by atoms with Gasteiger partial charge in [0.05, 0.1) is 13.2 Å². The zero-order valence-corrected chi connectivity index (χ0v) is 13.0. The molecule has 0 aromatic heterocycles. The van der Waals surface area contributed by atoms with Crippen LogP contribution in [0.5, 0.6) is 0 Å². The Labute approximate surface area is 118 Å². The maximum atomic E-state index is 9.69. The van der Waals surface area contributed by atoms with Crippen LogP contribution in [-0.4, -0.2) is 49.5 Å². The summed E-state index contributed by atoms with van der Waals surface area (Å²) in [6.07, 6.45) is 4.96. The van der Waals surface area contributed by atoms with E-state index in [0.29, 0.717) is 5.41 Å². The molecular formula is C16H31NO2. The van der Waals surface area contributed by atoms with E-state index in [0.717, 1.165) is 32.1 Å². The van der Waals surface area contributed by atoms with Gasteiger partial charge in [-0.05, 0) is 50.1 Å². The van der Waals surface area contributed by atoms with E-state index >= 15 is 0 Å². The van der Waals surface area contributed by atoms with Gasteiger partial charge in [0.15, 0.2) is 0 Å². The summed E-state index contributed by atoms with van der Waals surface area (Å²) in [6, 6.07) is 0. The normalized spacial score (nSPS) is 34.4. The van der Waals surface area contributed by atoms with Gasteiger partial charge >= 0.3 is 0 Å². The van der Waals surface area contributed by atoms with Crippen molar-refractivity contribution in [2.75, 3.05) is 39.5 Å². The van der Waals surface area contributed by atoms with E-state index in [9.17, 15) is 5.11 Å². The first kappa shape index (κ1) is 15.3. The maximum Gasteiger partial charge on any atom is 0.0557 e. The van der Waals surface area contributed by atoms with E-state index in [1.807, 2.05) is 0 Å². The molecule has 0 aromatic carbocycles. The quantitative estimate of drug-likeness (QED) is 0.854. The van der Waals surface area contributed by atoms with Crippen LogP contribution in [-0.2, 0) is 4.74 Å². The number of likely N-dealkylation sites (tertiary alicyclic amines) is 1. The lowest BCUT2D eigenvalue weighted by Crippen LogP contribution is -2.41. The highest BCUT2D eigenvalue weighted by Crippen LogP contribution is 2.36. The molecule has 2 aliphatic rings. The SMILES string of the molecule is CC(C)(C)C1CCCN(CC2(CO)CCOC2)CC1. The van der Waals surface area contributed by atoms with Gasteiger partial charge in [-0.2, -0.15) is 0 Å². The fourth-order valence-corrected chi connectivity index (χ4v) is 3.60. The Morgan fingerprint density at radius 3 is 2.63 bits per heavy atom. The molecule has 2 rings (SSSR count). The molecule has 2 aliphatic heterocycles. The molecule has 2 saturated heterocycles. The second-order valence-corrected chi connectivity index (χ2v) is 7.73. The number of hydrogen-bond acceptors (Lipinski definition) is 3. The number of hydrogen-bond donors (Lipinski definition) is 1. The number of rotatable bonds is 3. The van der Waals surface area contributed by atoms with Crippen molar-refractivity contribution in [1.82, 2.24) is 4.90 Å². The summed E-state index contributed by atoms with van der Waals surface area (Å²) < 4.78 is 5.51. The zero-order valence-electron chi connectivity index (χ0n) is 13.0. The Morgan fingerprint density at radius 2 is 2.05 bits per heavy atom. The van der Waals surface area contributed by atoms with Crippen molar-refractivity contribution in [3.8, 4) is 0 Å². The van der Waals surface area contributed by atoms with Gasteiger partial charge in [0.1, 0.15) is 0 Å². The first-order valence-corrected chi connectivity index (χ1v) is 7.86. The molecule has 0 bridgehead atoms. The fourth-order valence-electron chi connectivity index (χ4n) is 3.60. The van der Waals surface area contributed by atoms with Crippen molar-refractivity contribution in [2.45, 2.75) is 46.5 Å². The zero-order chi connectivity index (χ0) is 13.9. The van der Waals surface area contributed by atoms with E-state index in [2.05, 4.69) is 25.7 Å². The molecule has 0 saturated carbocycles. The molecule has 1 N–H and O–H groups in total. The number of aliphatic hydroxyl groups excluding tert-OH is 1. The van der Waals surface area contributed by atoms with Crippen LogP contribution in [0.2, 0.25) is 0 Å². The van der Waals surface area contributed by atoms with Crippen molar-refractivity contribution in [1.29, 1.82) is 0 Å². The van der Waals surface area contributed by atoms with Gasteiger partial charge in [0.2, 0.25) is 0 Å². The molecule has 112 valence electrons. The predicted octanol–water partition coefficient (Wildman–Crippen LogP) is 2.53. The Morgan fingerprint density at radius 1 is 1.26 bits per heavy atom. The molecule has 19 heavy (non-hydrogen) atoms. The van der Waals surface area contributed by atoms with Crippen LogP contribution in [0.25, 0.3) is 0 Å². The molecule has 2 fully saturated rings. The van der Waals surface area contributed by atoms with Crippen LogP contribution >= 0.6 is 0 Å². The van der Waals surface area contributed by atoms with E-state index in [1.165, 1.54) is 32.4 Å². The number of nitrogens with zero attached hydrogens (tertiary/aromatic N) is 1. The van der Waals surface area contributed by atoms with E-state index in [1.54, 1.807) is 0 Å². The fraction of sp³-hybridized carbons (Fsp3) is 1.00. The van der Waals surface area contributed by atoms with Crippen molar-refractivity contribution in [3.05, 3.63) is 0 Å². The van der Waals surface area contributed by atoms with E-state index in [4.69, 9.17) is 4.74 Å². The highest BCUT2D eigenvalue weighted by molar-refractivity contribution is 4.87. The summed E-state index contributed by atoms with van der Waals surface area (Å²) in [5, 5.41) is 9.69. The van der Waals surface area contributed by atoms with Crippen molar-refractivity contribution < 1.29 is 9.84 Å². The molecule has 0 radical (unpaired) electrons. The molecule has 2 heterocycles. The Kier molecular flexibility index (Phi) is 4.91. The topological polar surface area (TPSA) is 32.7 Å². The van der Waals surface area contributed by atoms with Gasteiger partial charge < -0.3 is 14.7 Å². The van der Waals surface area contributed by atoms with Crippen molar-refractivity contribution in [3.63, 3.8) is 0 Å². The average molecular weight is 269 g/mol. The summed E-state index contributed by atoms with van der Waals surface area (Å²) in [5.41, 5.74) is 0.447. The van der Waals surface area contributed by atoms with Gasteiger partial charge in [-0.3, -0.25) is 0 Å². The van der Waals surface area contributed by atoms with Crippen LogP contribution in [0, 0.1) is 16.7 Å². The molecular weight excluding hydrogens is 238 g/mol. The lowest BCUT2D eigenvalue weighted by molar-refractivity contribution is 0.0567. The summed E-state index contributed by atoms with van der Waals surface area (Å²) in [6.45, 7) is 12.3. The van der Waals surface area contributed by atoms with Gasteiger partial charge in [-0.1, -0.05) is 20.8 Å². The second-order valence-electron chi connectivity index (χ2n) is 7.73. The molecule has 0 aromatic rings. The largest absolute Gasteiger partial charge is 0.396 e. The van der Waals surface area contributed by atoms with Gasteiger partial charge in [-0.15, -0.1) is 0 Å². The first-order chi connectivity index (χ1) is 8.95. The minimum atomic E-state index is 0.0154. The lowest BCUT2D eigenvalue weighted by atomic mass is 9.77. The highest BCUT2D eigenvalue weighted by Gasteiger charge is 2.37. The van der Waals surface area contributed by atoms with Crippen molar-refractivity contribution >= 4 is 0 Å². The molecule has 0 aliphatic carbocycles. The lowest BCUT2D eigenvalue weighted by Gasteiger charge is -2.33. The van der Waals surface area contributed by atoms with E-state index < -0.39 is 0 Å². The van der Waals surface area contributed by atoms with Crippen LogP contribution in [0.3, 0.4) is 0 Å². The summed E-state index contributed by atoms with van der Waals surface area (Å²) in [7, 11) is 0. The monoisotopic (exact) mass is 269 g/mol. The average Bonchev–Trinajstić information content (AvgIpc) is 2.67. The van der Waals surface area contributed by atoms with Gasteiger partial charge in [0, 0.05) is 18.6 Å². The molecule has 3 nitrogen and oxygen atoms in total. The summed E-state index contributed by atoms with van der Waals surface area (Å²) in [4.78, 5) is 2.57. The minimum absolute atomic E-state index is 0.0154. The first-order valence-electron chi connectivity index (χ1n) is 7.86. The van der Waals surface area contributed by atoms with Crippen LogP contribution in [0.15, 0.2) is 0 Å².